The van der Waals surface area contributed by atoms with Gasteiger partial charge in [0, 0.05) is 16.8 Å². The Labute approximate surface area is 135 Å². The van der Waals surface area contributed by atoms with Gasteiger partial charge in [-0.2, -0.15) is 0 Å². The van der Waals surface area contributed by atoms with Crippen LogP contribution in [0.3, 0.4) is 0 Å². The van der Waals surface area contributed by atoms with Gasteiger partial charge in [0.05, 0.1) is 12.0 Å². The Bertz CT molecular complexity index is 763. The second-order valence-electron chi connectivity index (χ2n) is 5.71. The zero-order chi connectivity index (χ0) is 15.8. The van der Waals surface area contributed by atoms with E-state index in [9.17, 15) is 8.42 Å². The lowest BCUT2D eigenvalue weighted by Crippen LogP contribution is -2.32. The number of ether oxygens (including phenoxy) is 1. The lowest BCUT2D eigenvalue weighted by Gasteiger charge is -2.15. The number of sulfonamides is 1. The monoisotopic (exact) mass is 337 g/mol. The van der Waals surface area contributed by atoms with Gasteiger partial charge in [0.15, 0.2) is 0 Å². The minimum atomic E-state index is -3.49. The van der Waals surface area contributed by atoms with E-state index in [1.54, 1.807) is 36.6 Å². The van der Waals surface area contributed by atoms with E-state index in [0.717, 1.165) is 18.4 Å². The Morgan fingerprint density at radius 2 is 2.09 bits per heavy atom. The number of aryl methyl sites for hydroxylation is 1. The van der Waals surface area contributed by atoms with Crippen LogP contribution in [0.2, 0.25) is 0 Å². The van der Waals surface area contributed by atoms with E-state index in [0.29, 0.717) is 12.3 Å². The van der Waals surface area contributed by atoms with Crippen molar-refractivity contribution in [1.29, 1.82) is 0 Å². The van der Waals surface area contributed by atoms with Gasteiger partial charge in [-0.05, 0) is 55.0 Å². The van der Waals surface area contributed by atoms with Crippen molar-refractivity contribution in [3.8, 4) is 5.75 Å². The summed E-state index contributed by atoms with van der Waals surface area (Å²) in [5.41, 5.74) is 0.813. The molecule has 0 atom stereocenters. The molecule has 1 saturated carbocycles. The van der Waals surface area contributed by atoms with Crippen LogP contribution in [0.25, 0.3) is 0 Å². The average molecular weight is 337 g/mol. The molecule has 0 amide bonds. The first kappa shape index (κ1) is 15.5. The van der Waals surface area contributed by atoms with Crippen molar-refractivity contribution in [2.75, 3.05) is 13.7 Å². The maximum atomic E-state index is 12.5. The number of thiophene rings is 1. The molecule has 1 N–H and O–H groups in total. The second kappa shape index (κ2) is 5.68. The smallest absolute Gasteiger partial charge is 0.240 e. The van der Waals surface area contributed by atoms with Crippen LogP contribution in [0.5, 0.6) is 5.75 Å². The summed E-state index contributed by atoms with van der Waals surface area (Å²) in [6.45, 7) is 2.30. The summed E-state index contributed by atoms with van der Waals surface area (Å²) in [6.07, 6.45) is 2.08. The lowest BCUT2D eigenvalue weighted by atomic mass is 10.1. The molecule has 1 aromatic heterocycles. The molecule has 0 spiro atoms. The molecule has 1 aliphatic carbocycles. The number of nitrogens with one attached hydrogen (secondary N) is 1. The normalized spacial score (nSPS) is 16.5. The van der Waals surface area contributed by atoms with E-state index < -0.39 is 10.0 Å². The highest BCUT2D eigenvalue weighted by molar-refractivity contribution is 7.89. The standard InChI is InChI=1S/C16H19NO3S2/c1-12-10-13(5-6-14(12)20-2)22(18,19)17-11-16(7-8-16)15-4-3-9-21-15/h3-6,9-10,17H,7-8,11H2,1-2H3. The van der Waals surface area contributed by atoms with Gasteiger partial charge in [0.2, 0.25) is 10.0 Å². The maximum absolute atomic E-state index is 12.5. The predicted octanol–water partition coefficient (Wildman–Crippen LogP) is 3.08. The van der Waals surface area contributed by atoms with Crippen LogP contribution < -0.4 is 9.46 Å². The van der Waals surface area contributed by atoms with Crippen molar-refractivity contribution < 1.29 is 13.2 Å². The molecule has 1 aromatic carbocycles. The van der Waals surface area contributed by atoms with Crippen LogP contribution in [-0.4, -0.2) is 22.1 Å². The third-order valence-electron chi connectivity index (χ3n) is 4.17. The molecular weight excluding hydrogens is 318 g/mol. The first-order valence-electron chi connectivity index (χ1n) is 7.15. The van der Waals surface area contributed by atoms with Gasteiger partial charge < -0.3 is 4.74 Å². The van der Waals surface area contributed by atoms with E-state index in [4.69, 9.17) is 4.74 Å². The summed E-state index contributed by atoms with van der Waals surface area (Å²) < 4.78 is 32.9. The minimum Gasteiger partial charge on any atom is -0.496 e. The Morgan fingerprint density at radius 3 is 2.64 bits per heavy atom. The van der Waals surface area contributed by atoms with Crippen LogP contribution in [0.4, 0.5) is 0 Å². The van der Waals surface area contributed by atoms with Crippen LogP contribution in [0, 0.1) is 6.92 Å². The van der Waals surface area contributed by atoms with Crippen molar-refractivity contribution in [2.45, 2.75) is 30.1 Å². The molecule has 4 nitrogen and oxygen atoms in total. The first-order chi connectivity index (χ1) is 10.5. The molecule has 2 aromatic rings. The molecular formula is C16H19NO3S2. The van der Waals surface area contributed by atoms with Gasteiger partial charge in [-0.1, -0.05) is 6.07 Å². The largest absolute Gasteiger partial charge is 0.496 e. The molecule has 0 saturated heterocycles. The molecule has 3 rings (SSSR count). The first-order valence-corrected chi connectivity index (χ1v) is 9.51. The molecule has 0 radical (unpaired) electrons. The summed E-state index contributed by atoms with van der Waals surface area (Å²) in [7, 11) is -1.92. The van der Waals surface area contributed by atoms with E-state index in [-0.39, 0.29) is 10.3 Å². The Morgan fingerprint density at radius 1 is 1.32 bits per heavy atom. The Hall–Kier alpha value is -1.37. The number of rotatable bonds is 6. The zero-order valence-corrected chi connectivity index (χ0v) is 14.3. The molecule has 22 heavy (non-hydrogen) atoms. The van der Waals surface area contributed by atoms with Gasteiger partial charge in [0.25, 0.3) is 0 Å². The quantitative estimate of drug-likeness (QED) is 0.881. The summed E-state index contributed by atoms with van der Waals surface area (Å²) in [5.74, 6) is 0.691. The maximum Gasteiger partial charge on any atom is 0.240 e. The molecule has 0 aliphatic heterocycles. The molecule has 0 unspecified atom stereocenters. The van der Waals surface area contributed by atoms with Gasteiger partial charge in [-0.3, -0.25) is 0 Å². The summed E-state index contributed by atoms with van der Waals surface area (Å²) >= 11 is 1.69. The number of methoxy groups -OCH3 is 1. The van der Waals surface area contributed by atoms with Crippen molar-refractivity contribution >= 4 is 21.4 Å². The Kier molecular flexibility index (Phi) is 4.01. The summed E-state index contributed by atoms with van der Waals surface area (Å²) in [6, 6.07) is 9.02. The van der Waals surface area contributed by atoms with Crippen LogP contribution in [0.1, 0.15) is 23.3 Å². The van der Waals surface area contributed by atoms with Crippen molar-refractivity contribution in [1.82, 2.24) is 4.72 Å². The number of hydrogen-bond acceptors (Lipinski definition) is 4. The van der Waals surface area contributed by atoms with Gasteiger partial charge in [-0.25, -0.2) is 13.1 Å². The van der Waals surface area contributed by atoms with Crippen LogP contribution in [0.15, 0.2) is 40.6 Å². The fraction of sp³-hybridized carbons (Fsp3) is 0.375. The Balaban J connectivity index is 1.76. The second-order valence-corrected chi connectivity index (χ2v) is 8.43. The van der Waals surface area contributed by atoms with Gasteiger partial charge in [-0.15, -0.1) is 11.3 Å². The molecule has 118 valence electrons. The van der Waals surface area contributed by atoms with Gasteiger partial charge >= 0.3 is 0 Å². The third kappa shape index (κ3) is 2.91. The topological polar surface area (TPSA) is 55.4 Å². The molecule has 0 bridgehead atoms. The fourth-order valence-electron chi connectivity index (χ4n) is 2.58. The summed E-state index contributed by atoms with van der Waals surface area (Å²) in [4.78, 5) is 1.55. The molecule has 1 heterocycles. The lowest BCUT2D eigenvalue weighted by molar-refractivity contribution is 0.411. The molecule has 1 aliphatic rings. The SMILES string of the molecule is COc1ccc(S(=O)(=O)NCC2(c3cccs3)CC2)cc1C. The summed E-state index contributed by atoms with van der Waals surface area (Å²) in [5, 5.41) is 2.04. The highest BCUT2D eigenvalue weighted by atomic mass is 32.2. The van der Waals surface area contributed by atoms with Crippen molar-refractivity contribution in [3.05, 3.63) is 46.2 Å². The molecule has 6 heteroatoms. The fourth-order valence-corrected chi connectivity index (χ4v) is 4.78. The third-order valence-corrected chi connectivity index (χ3v) is 6.69. The highest BCUT2D eigenvalue weighted by Crippen LogP contribution is 2.49. The highest BCUT2D eigenvalue weighted by Gasteiger charge is 2.45. The van der Waals surface area contributed by atoms with Gasteiger partial charge in [0.1, 0.15) is 5.75 Å². The average Bonchev–Trinajstić information content (AvgIpc) is 3.09. The van der Waals surface area contributed by atoms with Crippen LogP contribution >= 0.6 is 11.3 Å². The zero-order valence-electron chi connectivity index (χ0n) is 12.6. The van der Waals surface area contributed by atoms with E-state index >= 15 is 0 Å². The van der Waals surface area contributed by atoms with E-state index in [1.165, 1.54) is 4.88 Å². The van der Waals surface area contributed by atoms with Crippen LogP contribution in [-0.2, 0) is 15.4 Å². The van der Waals surface area contributed by atoms with E-state index in [2.05, 4.69) is 10.8 Å². The number of hydrogen-bond donors (Lipinski definition) is 1. The van der Waals surface area contributed by atoms with Crippen molar-refractivity contribution in [2.24, 2.45) is 0 Å². The predicted molar refractivity (Wildman–Crippen MR) is 88.2 cm³/mol. The minimum absolute atomic E-state index is 0.00273. The van der Waals surface area contributed by atoms with Crippen molar-refractivity contribution in [3.63, 3.8) is 0 Å². The molecule has 1 fully saturated rings. The number of benzene rings is 1. The van der Waals surface area contributed by atoms with E-state index in [1.807, 2.05) is 18.4 Å².